The van der Waals surface area contributed by atoms with E-state index < -0.39 is 0 Å². The second-order valence-corrected chi connectivity index (χ2v) is 4.27. The van der Waals surface area contributed by atoms with Crippen LogP contribution < -0.4 is 5.16 Å². The number of aromatic hydroxyl groups is 1. The molecule has 0 heterocycles. The lowest BCUT2D eigenvalue weighted by Crippen LogP contribution is -2.69. The third-order valence-corrected chi connectivity index (χ3v) is 2.01. The molecule has 0 aliphatic heterocycles. The Morgan fingerprint density at radius 1 is 1.21 bits per heavy atom. The molecule has 0 amide bonds. The van der Waals surface area contributed by atoms with E-state index in [9.17, 15) is 5.21 Å². The van der Waals surface area contributed by atoms with Gasteiger partial charge in [0.05, 0.1) is 0 Å². The molecule has 0 aromatic heterocycles. The van der Waals surface area contributed by atoms with E-state index in [1.165, 1.54) is 0 Å². The summed E-state index contributed by atoms with van der Waals surface area (Å²) in [5.74, 6) is 0.202. The zero-order chi connectivity index (χ0) is 10.8. The molecule has 0 bridgehead atoms. The van der Waals surface area contributed by atoms with Gasteiger partial charge in [0, 0.05) is 11.0 Å². The minimum atomic E-state index is -0.223. The highest BCUT2D eigenvalue weighted by Crippen LogP contribution is 2.20. The van der Waals surface area contributed by atoms with Crippen LogP contribution in [0.3, 0.4) is 0 Å². The molecule has 3 heteroatoms. The van der Waals surface area contributed by atoms with Crippen molar-refractivity contribution in [1.82, 2.24) is 0 Å². The minimum Gasteiger partial charge on any atom is -0.625 e. The summed E-state index contributed by atoms with van der Waals surface area (Å²) in [5, 5.41) is 21.9. The van der Waals surface area contributed by atoms with Crippen molar-refractivity contribution in [2.45, 2.75) is 20.8 Å². The quantitative estimate of drug-likeness (QED) is 0.394. The summed E-state index contributed by atoms with van der Waals surface area (Å²) in [7, 11) is 0. The normalized spacial score (nSPS) is 12.9. The van der Waals surface area contributed by atoms with Gasteiger partial charge in [0.1, 0.15) is 5.75 Å². The van der Waals surface area contributed by atoms with Gasteiger partial charge in [-0.15, -0.1) is 0 Å². The first-order valence-electron chi connectivity index (χ1n) is 4.50. The number of benzene rings is 1. The van der Waals surface area contributed by atoms with Crippen LogP contribution in [0.25, 0.3) is 0 Å². The minimum absolute atomic E-state index is 0.202. The Kier molecular flexibility index (Phi) is 2.79. The molecule has 0 spiro atoms. The largest absolute Gasteiger partial charge is 0.625 e. The molecular weight excluding hydrogens is 178 g/mol. The average Bonchev–Trinajstić information content (AvgIpc) is 2.07. The Bertz CT molecular complexity index is 333. The fourth-order valence-corrected chi connectivity index (χ4v) is 1.27. The van der Waals surface area contributed by atoms with Gasteiger partial charge in [-0.05, 0) is 24.3 Å². The van der Waals surface area contributed by atoms with Gasteiger partial charge in [0.2, 0.25) is 0 Å². The van der Waals surface area contributed by atoms with Crippen molar-refractivity contribution in [2.75, 3.05) is 0 Å². The van der Waals surface area contributed by atoms with E-state index in [0.717, 1.165) is 5.56 Å². The van der Waals surface area contributed by atoms with Crippen molar-refractivity contribution in [2.24, 2.45) is 5.41 Å². The second-order valence-electron chi connectivity index (χ2n) is 4.27. The highest BCUT2D eigenvalue weighted by atomic mass is 16.4. The summed E-state index contributed by atoms with van der Waals surface area (Å²) in [6.45, 7) is 5.88. The molecule has 2 N–H and O–H groups in total. The van der Waals surface area contributed by atoms with E-state index in [0.29, 0.717) is 5.71 Å². The lowest BCUT2D eigenvalue weighted by Gasteiger charge is -2.16. The standard InChI is InChI=1S/C11H15NO2/c1-11(2,3)10(12-14)8-4-6-9(13)7-5-8/h4-7,12H,1-3H3,(H-,13,14). The molecule has 0 unspecified atom stereocenters. The van der Waals surface area contributed by atoms with E-state index in [-0.39, 0.29) is 11.2 Å². The number of rotatable bonds is 1. The van der Waals surface area contributed by atoms with Crippen molar-refractivity contribution >= 4 is 5.71 Å². The molecule has 1 rings (SSSR count). The van der Waals surface area contributed by atoms with Crippen molar-refractivity contribution in [1.29, 1.82) is 0 Å². The molecule has 3 nitrogen and oxygen atoms in total. The fraction of sp³-hybridized carbons (Fsp3) is 0.364. The van der Waals surface area contributed by atoms with Crippen LogP contribution in [-0.2, 0) is 0 Å². The molecule has 0 aliphatic carbocycles. The zero-order valence-corrected chi connectivity index (χ0v) is 8.66. The maximum Gasteiger partial charge on any atom is 0.197 e. The number of phenols is 1. The van der Waals surface area contributed by atoms with Crippen LogP contribution in [0, 0.1) is 10.6 Å². The molecule has 0 aliphatic rings. The van der Waals surface area contributed by atoms with E-state index in [1.54, 1.807) is 24.3 Å². The van der Waals surface area contributed by atoms with Crippen LogP contribution in [0.5, 0.6) is 5.75 Å². The van der Waals surface area contributed by atoms with Gasteiger partial charge in [-0.3, -0.25) is 0 Å². The molecule has 0 saturated carbocycles. The van der Waals surface area contributed by atoms with Crippen molar-refractivity contribution in [3.63, 3.8) is 0 Å². The highest BCUT2D eigenvalue weighted by molar-refractivity contribution is 5.99. The van der Waals surface area contributed by atoms with Crippen molar-refractivity contribution in [3.05, 3.63) is 35.0 Å². The predicted molar refractivity (Wildman–Crippen MR) is 56.0 cm³/mol. The van der Waals surface area contributed by atoms with Crippen molar-refractivity contribution in [3.8, 4) is 5.75 Å². The summed E-state index contributed by atoms with van der Waals surface area (Å²) in [6, 6.07) is 6.58. The first kappa shape index (κ1) is 10.6. The van der Waals surface area contributed by atoms with Crippen LogP contribution in [0.1, 0.15) is 26.3 Å². The van der Waals surface area contributed by atoms with E-state index >= 15 is 0 Å². The topological polar surface area (TPSA) is 57.3 Å². The van der Waals surface area contributed by atoms with Gasteiger partial charge < -0.3 is 10.3 Å². The van der Waals surface area contributed by atoms with Crippen molar-refractivity contribution < 1.29 is 10.3 Å². The van der Waals surface area contributed by atoms with Gasteiger partial charge >= 0.3 is 0 Å². The van der Waals surface area contributed by atoms with E-state index in [1.807, 2.05) is 25.9 Å². The van der Waals surface area contributed by atoms with E-state index in [2.05, 4.69) is 0 Å². The lowest BCUT2D eigenvalue weighted by atomic mass is 9.86. The highest BCUT2D eigenvalue weighted by Gasteiger charge is 2.25. The van der Waals surface area contributed by atoms with Gasteiger partial charge in [-0.25, -0.2) is 5.16 Å². The Morgan fingerprint density at radius 2 is 1.71 bits per heavy atom. The first-order chi connectivity index (χ1) is 6.45. The summed E-state index contributed by atoms with van der Waals surface area (Å²) in [4.78, 5) is 0. The van der Waals surface area contributed by atoms with Crippen LogP contribution in [-0.4, -0.2) is 10.8 Å². The lowest BCUT2D eigenvalue weighted by molar-refractivity contribution is -0.377. The van der Waals surface area contributed by atoms with E-state index in [4.69, 9.17) is 5.11 Å². The Morgan fingerprint density at radius 3 is 2.07 bits per heavy atom. The van der Waals surface area contributed by atoms with Crippen LogP contribution >= 0.6 is 0 Å². The van der Waals surface area contributed by atoms with Gasteiger partial charge in [0.25, 0.3) is 0 Å². The number of hydrogen-bond donors (Lipinski definition) is 2. The van der Waals surface area contributed by atoms with Gasteiger partial charge in [-0.2, -0.15) is 0 Å². The second kappa shape index (κ2) is 3.70. The molecule has 14 heavy (non-hydrogen) atoms. The Hall–Kier alpha value is -1.51. The molecule has 76 valence electrons. The molecule has 0 atom stereocenters. The summed E-state index contributed by atoms with van der Waals surface area (Å²) in [6.07, 6.45) is 0. The Balaban J connectivity index is 3.10. The third kappa shape index (κ3) is 2.25. The fourth-order valence-electron chi connectivity index (χ4n) is 1.27. The van der Waals surface area contributed by atoms with Crippen LogP contribution in [0.4, 0.5) is 0 Å². The number of hydrogen-bond acceptors (Lipinski definition) is 2. The maximum absolute atomic E-state index is 10.8. The molecule has 1 aromatic carbocycles. The summed E-state index contributed by atoms with van der Waals surface area (Å²) < 4.78 is 0. The number of phenolic OH excluding ortho intramolecular Hbond substituents is 1. The molecule has 0 radical (unpaired) electrons. The molecular formula is C11H15NO2. The molecule has 0 fully saturated rings. The van der Waals surface area contributed by atoms with Gasteiger partial charge in [-0.1, -0.05) is 20.8 Å². The third-order valence-electron chi connectivity index (χ3n) is 2.01. The average molecular weight is 193 g/mol. The zero-order valence-electron chi connectivity index (χ0n) is 8.66. The number of nitrogens with one attached hydrogen (secondary N) is 1. The smallest absolute Gasteiger partial charge is 0.197 e. The molecule has 1 aromatic rings. The van der Waals surface area contributed by atoms with Crippen LogP contribution in [0.15, 0.2) is 24.3 Å². The first-order valence-corrected chi connectivity index (χ1v) is 4.50. The summed E-state index contributed by atoms with van der Waals surface area (Å²) in [5.41, 5.74) is 1.21. The summed E-state index contributed by atoms with van der Waals surface area (Å²) >= 11 is 0. The van der Waals surface area contributed by atoms with Crippen LogP contribution in [0.2, 0.25) is 0 Å². The molecule has 0 saturated heterocycles. The van der Waals surface area contributed by atoms with Gasteiger partial charge in [0.15, 0.2) is 5.71 Å². The monoisotopic (exact) mass is 193 g/mol. The Labute approximate surface area is 83.7 Å². The maximum atomic E-state index is 10.8. The SMILES string of the molecule is CC(C)(C)C(=[NH+][O-])c1ccc(O)cc1. The predicted octanol–water partition coefficient (Wildman–Crippen LogP) is 0.806.